The maximum Gasteiger partial charge on any atom is 0.305 e. The van der Waals surface area contributed by atoms with Gasteiger partial charge in [0.15, 0.2) is 6.29 Å². The van der Waals surface area contributed by atoms with Gasteiger partial charge < -0.3 is 54.5 Å². The van der Waals surface area contributed by atoms with E-state index in [1.165, 1.54) is 21.0 Å². The molecule has 2 fully saturated rings. The molecule has 10 atom stereocenters. The van der Waals surface area contributed by atoms with Gasteiger partial charge in [-0.05, 0) is 12.8 Å². The summed E-state index contributed by atoms with van der Waals surface area (Å²) >= 11 is 0. The standard InChI is InChI=1S/C21H37NO12/c1-10-16(27)17(28)12(8-23)33-20(10)22(11(2)25)15-19(30)18(29)13(9-24)34-21(15)32-7-5-4-6-14(26)31-3/h10,12-13,15-21,23-24,27-30H,4-9H2,1-3H3. The zero-order chi connectivity index (χ0) is 25.6. The molecule has 0 aromatic heterocycles. The predicted molar refractivity (Wildman–Crippen MR) is 113 cm³/mol. The summed E-state index contributed by atoms with van der Waals surface area (Å²) in [6.45, 7) is 1.51. The highest BCUT2D eigenvalue weighted by Crippen LogP contribution is 2.34. The van der Waals surface area contributed by atoms with Crippen molar-refractivity contribution in [2.24, 2.45) is 5.92 Å². The van der Waals surface area contributed by atoms with Crippen LogP contribution in [0.25, 0.3) is 0 Å². The third-order valence-corrected chi connectivity index (χ3v) is 6.31. The van der Waals surface area contributed by atoms with Crippen molar-refractivity contribution in [3.8, 4) is 0 Å². The molecule has 2 aliphatic heterocycles. The Balaban J connectivity index is 2.27. The maximum atomic E-state index is 12.7. The van der Waals surface area contributed by atoms with E-state index in [4.69, 9.17) is 14.2 Å². The van der Waals surface area contributed by atoms with E-state index in [9.17, 15) is 40.2 Å². The quantitative estimate of drug-likeness (QED) is 0.134. The van der Waals surface area contributed by atoms with Gasteiger partial charge in [-0.1, -0.05) is 6.92 Å². The number of esters is 1. The van der Waals surface area contributed by atoms with Crippen LogP contribution >= 0.6 is 0 Å². The molecule has 0 radical (unpaired) electrons. The average molecular weight is 496 g/mol. The molecule has 0 bridgehead atoms. The van der Waals surface area contributed by atoms with Crippen LogP contribution in [-0.2, 0) is 28.5 Å². The van der Waals surface area contributed by atoms with Gasteiger partial charge in [0.25, 0.3) is 0 Å². The topological polar surface area (TPSA) is 196 Å². The molecule has 10 unspecified atom stereocenters. The molecule has 2 heterocycles. The summed E-state index contributed by atoms with van der Waals surface area (Å²) in [5, 5.41) is 61.1. The van der Waals surface area contributed by atoms with Gasteiger partial charge in [0, 0.05) is 25.9 Å². The van der Waals surface area contributed by atoms with Gasteiger partial charge in [0.2, 0.25) is 5.91 Å². The van der Waals surface area contributed by atoms with Crippen molar-refractivity contribution in [3.05, 3.63) is 0 Å². The molecule has 2 aliphatic rings. The second-order valence-electron chi connectivity index (χ2n) is 8.62. The molecule has 0 aromatic rings. The second kappa shape index (κ2) is 13.0. The number of nitrogens with zero attached hydrogens (tertiary/aromatic N) is 1. The minimum atomic E-state index is -1.62. The number of carbonyl (C=O) groups excluding carboxylic acids is 2. The Labute approximate surface area is 197 Å². The van der Waals surface area contributed by atoms with Crippen LogP contribution in [-0.4, -0.2) is 130 Å². The molecule has 6 N–H and O–H groups in total. The van der Waals surface area contributed by atoms with E-state index in [0.29, 0.717) is 12.8 Å². The minimum Gasteiger partial charge on any atom is -0.469 e. The first kappa shape index (κ1) is 28.8. The molecule has 0 saturated carbocycles. The lowest BCUT2D eigenvalue weighted by Crippen LogP contribution is -2.70. The minimum absolute atomic E-state index is 0.0621. The number of rotatable bonds is 10. The summed E-state index contributed by atoms with van der Waals surface area (Å²) in [4.78, 5) is 25.1. The summed E-state index contributed by atoms with van der Waals surface area (Å²) in [6.07, 6.45) is -9.82. The number of ether oxygens (including phenoxy) is 4. The third kappa shape index (κ3) is 6.42. The lowest BCUT2D eigenvalue weighted by Gasteiger charge is -2.52. The van der Waals surface area contributed by atoms with E-state index in [0.717, 1.165) is 4.90 Å². The normalized spacial score (nSPS) is 38.4. The fourth-order valence-corrected chi connectivity index (χ4v) is 4.29. The zero-order valence-electron chi connectivity index (χ0n) is 19.6. The van der Waals surface area contributed by atoms with Crippen LogP contribution in [0.1, 0.15) is 33.1 Å². The van der Waals surface area contributed by atoms with Crippen LogP contribution in [0.15, 0.2) is 0 Å². The van der Waals surface area contributed by atoms with Crippen molar-refractivity contribution in [2.75, 3.05) is 26.9 Å². The Bertz CT molecular complexity index is 664. The van der Waals surface area contributed by atoms with Crippen molar-refractivity contribution in [3.63, 3.8) is 0 Å². The molecular weight excluding hydrogens is 458 g/mol. The fraction of sp³-hybridized carbons (Fsp3) is 0.905. The largest absolute Gasteiger partial charge is 0.469 e. The van der Waals surface area contributed by atoms with Gasteiger partial charge in [0.1, 0.15) is 42.8 Å². The lowest BCUT2D eigenvalue weighted by atomic mass is 9.88. The molecule has 2 saturated heterocycles. The Hall–Kier alpha value is -1.42. The van der Waals surface area contributed by atoms with Gasteiger partial charge in [-0.3, -0.25) is 9.59 Å². The van der Waals surface area contributed by atoms with Gasteiger partial charge in [-0.2, -0.15) is 0 Å². The number of unbranched alkanes of at least 4 members (excludes halogenated alkanes) is 1. The van der Waals surface area contributed by atoms with Gasteiger partial charge in [0.05, 0.1) is 26.4 Å². The van der Waals surface area contributed by atoms with Crippen LogP contribution in [0.4, 0.5) is 0 Å². The number of hydrogen-bond acceptors (Lipinski definition) is 12. The second-order valence-corrected chi connectivity index (χ2v) is 8.62. The highest BCUT2D eigenvalue weighted by molar-refractivity contribution is 5.74. The molecule has 0 aromatic carbocycles. The smallest absolute Gasteiger partial charge is 0.305 e. The Morgan fingerprint density at radius 2 is 1.50 bits per heavy atom. The first-order valence-corrected chi connectivity index (χ1v) is 11.3. The summed E-state index contributed by atoms with van der Waals surface area (Å²) in [5.74, 6) is -1.84. The fourth-order valence-electron chi connectivity index (χ4n) is 4.29. The lowest BCUT2D eigenvalue weighted by molar-refractivity contribution is -0.311. The predicted octanol–water partition coefficient (Wildman–Crippen LogP) is -2.92. The number of methoxy groups -OCH3 is 1. The van der Waals surface area contributed by atoms with E-state index in [1.54, 1.807) is 0 Å². The number of aliphatic hydroxyl groups is 6. The summed E-state index contributed by atoms with van der Waals surface area (Å²) in [7, 11) is 1.28. The zero-order valence-corrected chi connectivity index (χ0v) is 19.6. The van der Waals surface area contributed by atoms with Crippen molar-refractivity contribution >= 4 is 11.9 Å². The average Bonchev–Trinajstić information content (AvgIpc) is 2.82. The third-order valence-electron chi connectivity index (χ3n) is 6.31. The molecule has 2 rings (SSSR count). The summed E-state index contributed by atoms with van der Waals surface area (Å²) in [5.41, 5.74) is 0. The van der Waals surface area contributed by atoms with Crippen molar-refractivity contribution in [2.45, 2.75) is 88.3 Å². The maximum absolute atomic E-state index is 12.7. The van der Waals surface area contributed by atoms with Gasteiger partial charge >= 0.3 is 5.97 Å². The molecule has 0 aliphatic carbocycles. The molecule has 34 heavy (non-hydrogen) atoms. The first-order chi connectivity index (χ1) is 16.1. The molecular formula is C21H37NO12. The first-order valence-electron chi connectivity index (χ1n) is 11.3. The highest BCUT2D eigenvalue weighted by Gasteiger charge is 2.53. The Kier molecular flexibility index (Phi) is 11.1. The van der Waals surface area contributed by atoms with Crippen LogP contribution in [0, 0.1) is 5.92 Å². The van der Waals surface area contributed by atoms with Gasteiger partial charge in [-0.15, -0.1) is 0 Å². The van der Waals surface area contributed by atoms with Crippen LogP contribution in [0.3, 0.4) is 0 Å². The molecule has 13 nitrogen and oxygen atoms in total. The van der Waals surface area contributed by atoms with Crippen LogP contribution in [0.2, 0.25) is 0 Å². The van der Waals surface area contributed by atoms with Crippen LogP contribution in [0.5, 0.6) is 0 Å². The molecule has 198 valence electrons. The monoisotopic (exact) mass is 495 g/mol. The van der Waals surface area contributed by atoms with E-state index in [1.807, 2.05) is 0 Å². The number of amides is 1. The Morgan fingerprint density at radius 1 is 0.912 bits per heavy atom. The Morgan fingerprint density at radius 3 is 2.06 bits per heavy atom. The van der Waals surface area contributed by atoms with E-state index >= 15 is 0 Å². The number of hydrogen-bond donors (Lipinski definition) is 6. The summed E-state index contributed by atoms with van der Waals surface area (Å²) < 4.78 is 21.7. The summed E-state index contributed by atoms with van der Waals surface area (Å²) in [6, 6.07) is -1.31. The van der Waals surface area contributed by atoms with E-state index in [2.05, 4.69) is 4.74 Å². The molecule has 1 amide bonds. The van der Waals surface area contributed by atoms with E-state index in [-0.39, 0.29) is 19.0 Å². The van der Waals surface area contributed by atoms with E-state index < -0.39 is 80.2 Å². The van der Waals surface area contributed by atoms with Crippen molar-refractivity contribution in [1.29, 1.82) is 0 Å². The van der Waals surface area contributed by atoms with Crippen LogP contribution < -0.4 is 0 Å². The SMILES string of the molecule is COC(=O)CCCCOC1OC(CO)C(O)C(O)C1N(C(C)=O)C1OC(CO)C(O)C(O)C1C. The van der Waals surface area contributed by atoms with Gasteiger partial charge in [-0.25, -0.2) is 0 Å². The highest BCUT2D eigenvalue weighted by atomic mass is 16.7. The van der Waals surface area contributed by atoms with Crippen molar-refractivity contribution in [1.82, 2.24) is 4.90 Å². The molecule has 13 heteroatoms. The number of aliphatic hydroxyl groups excluding tert-OH is 6. The molecule has 0 spiro atoms. The van der Waals surface area contributed by atoms with Crippen molar-refractivity contribution < 1.29 is 59.2 Å². The number of carbonyl (C=O) groups is 2.